The maximum Gasteiger partial charge on any atom is 0.266 e. The van der Waals surface area contributed by atoms with Gasteiger partial charge in [-0.1, -0.05) is 44.2 Å². The molecule has 1 unspecified atom stereocenters. The van der Waals surface area contributed by atoms with Crippen molar-refractivity contribution in [2.24, 2.45) is 5.92 Å². The molecule has 2 aliphatic rings. The number of morpholine rings is 1. The molecular formula is C24H29N3O4. The fourth-order valence-corrected chi connectivity index (χ4v) is 4.44. The van der Waals surface area contributed by atoms with Crippen LogP contribution in [0.1, 0.15) is 35.3 Å². The van der Waals surface area contributed by atoms with Gasteiger partial charge in [-0.2, -0.15) is 0 Å². The van der Waals surface area contributed by atoms with Crippen molar-refractivity contribution in [2.75, 3.05) is 26.3 Å². The number of benzene rings is 2. The number of nitrogens with one attached hydrogen (secondary N) is 1. The molecule has 2 aliphatic heterocycles. The molecule has 0 radical (unpaired) electrons. The minimum atomic E-state index is -0.715. The third-order valence-electron chi connectivity index (χ3n) is 6.08. The molecule has 1 fully saturated rings. The van der Waals surface area contributed by atoms with Crippen LogP contribution >= 0.6 is 0 Å². The van der Waals surface area contributed by atoms with E-state index in [1.54, 1.807) is 5.48 Å². The van der Waals surface area contributed by atoms with Crippen LogP contribution in [0.15, 0.2) is 42.5 Å². The SMILES string of the molecule is CC(C)C(C(=O)NO)N1Cc2cc(-c3ccc(CN4CCOCC4)cc3)ccc2C1=O. The maximum atomic E-state index is 12.9. The van der Waals surface area contributed by atoms with E-state index in [1.807, 2.05) is 32.0 Å². The van der Waals surface area contributed by atoms with Crippen molar-refractivity contribution in [3.05, 3.63) is 59.2 Å². The Kier molecular flexibility index (Phi) is 6.36. The van der Waals surface area contributed by atoms with Crippen LogP contribution in [0.25, 0.3) is 11.1 Å². The second kappa shape index (κ2) is 9.18. The molecule has 7 nitrogen and oxygen atoms in total. The molecule has 1 atom stereocenters. The van der Waals surface area contributed by atoms with Gasteiger partial charge in [0.25, 0.3) is 11.8 Å². The predicted molar refractivity (Wildman–Crippen MR) is 116 cm³/mol. The smallest absolute Gasteiger partial charge is 0.266 e. The monoisotopic (exact) mass is 423 g/mol. The zero-order valence-corrected chi connectivity index (χ0v) is 18.0. The Morgan fingerprint density at radius 2 is 1.77 bits per heavy atom. The lowest BCUT2D eigenvalue weighted by Gasteiger charge is -2.28. The van der Waals surface area contributed by atoms with E-state index in [2.05, 4.69) is 29.2 Å². The molecule has 31 heavy (non-hydrogen) atoms. The van der Waals surface area contributed by atoms with Crippen LogP contribution in [-0.2, 0) is 22.6 Å². The summed E-state index contributed by atoms with van der Waals surface area (Å²) in [4.78, 5) is 29.0. The molecule has 0 spiro atoms. The summed E-state index contributed by atoms with van der Waals surface area (Å²) in [6.45, 7) is 8.50. The van der Waals surface area contributed by atoms with Gasteiger partial charge < -0.3 is 9.64 Å². The van der Waals surface area contributed by atoms with E-state index in [1.165, 1.54) is 10.5 Å². The first-order chi connectivity index (χ1) is 15.0. The Labute approximate surface area is 182 Å². The summed E-state index contributed by atoms with van der Waals surface area (Å²) in [5, 5.41) is 9.09. The van der Waals surface area contributed by atoms with Crippen LogP contribution in [0.2, 0.25) is 0 Å². The number of carbonyl (C=O) groups excluding carboxylic acids is 2. The van der Waals surface area contributed by atoms with Gasteiger partial charge in [0.1, 0.15) is 6.04 Å². The molecule has 4 rings (SSSR count). The summed E-state index contributed by atoms with van der Waals surface area (Å²) in [6.07, 6.45) is 0. The number of carbonyl (C=O) groups is 2. The van der Waals surface area contributed by atoms with Crippen molar-refractivity contribution in [1.29, 1.82) is 0 Å². The van der Waals surface area contributed by atoms with E-state index in [-0.39, 0.29) is 11.8 Å². The zero-order valence-electron chi connectivity index (χ0n) is 18.0. The fourth-order valence-electron chi connectivity index (χ4n) is 4.44. The highest BCUT2D eigenvalue weighted by molar-refractivity contribution is 6.01. The Hall–Kier alpha value is -2.74. The molecule has 2 N–H and O–H groups in total. The number of rotatable bonds is 6. The van der Waals surface area contributed by atoms with E-state index >= 15 is 0 Å². The van der Waals surface area contributed by atoms with E-state index in [0.717, 1.165) is 49.5 Å². The van der Waals surface area contributed by atoms with Gasteiger partial charge in [-0.05, 0) is 40.3 Å². The molecule has 2 amide bonds. The molecule has 1 saturated heterocycles. The largest absolute Gasteiger partial charge is 0.379 e. The second-order valence-corrected chi connectivity index (χ2v) is 8.56. The van der Waals surface area contributed by atoms with E-state index in [4.69, 9.17) is 9.94 Å². The summed E-state index contributed by atoms with van der Waals surface area (Å²) in [7, 11) is 0. The molecular weight excluding hydrogens is 394 g/mol. The highest BCUT2D eigenvalue weighted by atomic mass is 16.5. The van der Waals surface area contributed by atoms with Crippen molar-refractivity contribution >= 4 is 11.8 Å². The van der Waals surface area contributed by atoms with Gasteiger partial charge in [0.15, 0.2) is 0 Å². The minimum Gasteiger partial charge on any atom is -0.379 e. The van der Waals surface area contributed by atoms with Gasteiger partial charge in [0.05, 0.1) is 13.2 Å². The topological polar surface area (TPSA) is 82.1 Å². The third-order valence-corrected chi connectivity index (χ3v) is 6.08. The summed E-state index contributed by atoms with van der Waals surface area (Å²) in [5.74, 6) is -0.860. The van der Waals surface area contributed by atoms with Gasteiger partial charge in [-0.15, -0.1) is 0 Å². The number of fused-ring (bicyclic) bond motifs is 1. The lowest BCUT2D eigenvalue weighted by Crippen LogP contribution is -2.49. The number of hydroxylamine groups is 1. The van der Waals surface area contributed by atoms with Crippen molar-refractivity contribution in [3.63, 3.8) is 0 Å². The lowest BCUT2D eigenvalue weighted by molar-refractivity contribution is -0.135. The zero-order chi connectivity index (χ0) is 22.0. The summed E-state index contributed by atoms with van der Waals surface area (Å²) in [6, 6.07) is 13.6. The molecule has 164 valence electrons. The van der Waals surface area contributed by atoms with Crippen LogP contribution in [0.5, 0.6) is 0 Å². The summed E-state index contributed by atoms with van der Waals surface area (Å²) in [5.41, 5.74) is 6.61. The Balaban J connectivity index is 1.51. The van der Waals surface area contributed by atoms with Gasteiger partial charge in [0.2, 0.25) is 0 Å². The fraction of sp³-hybridized carbons (Fsp3) is 0.417. The van der Waals surface area contributed by atoms with E-state index in [9.17, 15) is 9.59 Å². The summed E-state index contributed by atoms with van der Waals surface area (Å²) < 4.78 is 5.41. The van der Waals surface area contributed by atoms with Gasteiger partial charge >= 0.3 is 0 Å². The highest BCUT2D eigenvalue weighted by Gasteiger charge is 2.38. The Morgan fingerprint density at radius 3 is 2.42 bits per heavy atom. The number of amides is 2. The van der Waals surface area contributed by atoms with Crippen LogP contribution in [0.3, 0.4) is 0 Å². The van der Waals surface area contributed by atoms with Crippen molar-refractivity contribution in [3.8, 4) is 11.1 Å². The first-order valence-corrected chi connectivity index (χ1v) is 10.7. The molecule has 0 aliphatic carbocycles. The Bertz CT molecular complexity index is 952. The van der Waals surface area contributed by atoms with Crippen LogP contribution < -0.4 is 5.48 Å². The first kappa shape index (κ1) is 21.5. The molecule has 2 heterocycles. The van der Waals surface area contributed by atoms with Crippen molar-refractivity contribution < 1.29 is 19.5 Å². The van der Waals surface area contributed by atoms with Gasteiger partial charge in [-0.25, -0.2) is 5.48 Å². The third kappa shape index (κ3) is 4.49. The Morgan fingerprint density at radius 1 is 1.10 bits per heavy atom. The minimum absolute atomic E-state index is 0.121. The highest BCUT2D eigenvalue weighted by Crippen LogP contribution is 2.31. The maximum absolute atomic E-state index is 12.9. The number of ether oxygens (including phenoxy) is 1. The van der Waals surface area contributed by atoms with Gasteiger partial charge in [0, 0.05) is 31.7 Å². The van der Waals surface area contributed by atoms with E-state index < -0.39 is 11.9 Å². The van der Waals surface area contributed by atoms with E-state index in [0.29, 0.717) is 12.1 Å². The standard InChI is InChI=1S/C24H29N3O4/c1-16(2)22(23(28)25-30)27-15-20-13-19(7-8-21(20)24(27)29)18-5-3-17(4-6-18)14-26-9-11-31-12-10-26/h3-8,13,16,22,30H,9-12,14-15H2,1-2H3,(H,25,28). The number of nitrogens with zero attached hydrogens (tertiary/aromatic N) is 2. The molecule has 0 saturated carbocycles. The average molecular weight is 424 g/mol. The first-order valence-electron chi connectivity index (χ1n) is 10.7. The molecule has 0 bridgehead atoms. The molecule has 7 heteroatoms. The van der Waals surface area contributed by atoms with Crippen LogP contribution in [0, 0.1) is 5.92 Å². The number of hydrogen-bond donors (Lipinski definition) is 2. The van der Waals surface area contributed by atoms with Crippen LogP contribution in [0.4, 0.5) is 0 Å². The quantitative estimate of drug-likeness (QED) is 0.552. The van der Waals surface area contributed by atoms with Crippen molar-refractivity contribution in [2.45, 2.75) is 33.0 Å². The molecule has 0 aromatic heterocycles. The van der Waals surface area contributed by atoms with Gasteiger partial charge in [-0.3, -0.25) is 19.7 Å². The summed E-state index contributed by atoms with van der Waals surface area (Å²) >= 11 is 0. The normalized spacial score (nSPS) is 17.7. The lowest BCUT2D eigenvalue weighted by atomic mass is 9.99. The van der Waals surface area contributed by atoms with Crippen LogP contribution in [-0.4, -0.2) is 59.2 Å². The number of hydrogen-bond acceptors (Lipinski definition) is 5. The predicted octanol–water partition coefficient (Wildman–Crippen LogP) is 2.67. The van der Waals surface area contributed by atoms with Crippen molar-refractivity contribution in [1.82, 2.24) is 15.3 Å². The average Bonchev–Trinajstić information content (AvgIpc) is 3.10. The molecule has 2 aromatic rings. The second-order valence-electron chi connectivity index (χ2n) is 8.56. The molecule has 2 aromatic carbocycles.